The standard InChI is InChI=1S/C22H13Cl2NO3/c23-18-9-5-13(11-19(18)24)21-10-8-15(28-21)7-6-14-12-17(22(26)27)16-3-1-2-4-20(16)25-14/h1-12H,(H,26,27). The molecular weight excluding hydrogens is 397 g/mol. The molecule has 4 nitrogen and oxygen atoms in total. The van der Waals surface area contributed by atoms with Crippen LogP contribution in [0.4, 0.5) is 0 Å². The Morgan fingerprint density at radius 2 is 1.79 bits per heavy atom. The second-order valence-corrected chi connectivity index (χ2v) is 6.90. The first-order valence-electron chi connectivity index (χ1n) is 8.38. The number of pyridine rings is 1. The summed E-state index contributed by atoms with van der Waals surface area (Å²) in [7, 11) is 0. The highest BCUT2D eigenvalue weighted by Gasteiger charge is 2.11. The summed E-state index contributed by atoms with van der Waals surface area (Å²) in [5, 5.41) is 11.0. The number of carboxylic acids is 1. The molecule has 0 atom stereocenters. The fraction of sp³-hybridized carbons (Fsp3) is 0. The fourth-order valence-electron chi connectivity index (χ4n) is 2.87. The van der Waals surface area contributed by atoms with Gasteiger partial charge in [0.15, 0.2) is 0 Å². The van der Waals surface area contributed by atoms with Crippen LogP contribution in [-0.2, 0) is 0 Å². The summed E-state index contributed by atoms with van der Waals surface area (Å²) in [6, 6.07) is 17.6. The highest BCUT2D eigenvalue weighted by molar-refractivity contribution is 6.42. The number of hydrogen-bond donors (Lipinski definition) is 1. The van der Waals surface area contributed by atoms with E-state index in [4.69, 9.17) is 27.6 Å². The number of carbonyl (C=O) groups is 1. The van der Waals surface area contributed by atoms with Gasteiger partial charge in [0.05, 0.1) is 26.8 Å². The molecule has 0 fully saturated rings. The topological polar surface area (TPSA) is 63.3 Å². The number of aromatic carboxylic acids is 1. The van der Waals surface area contributed by atoms with E-state index >= 15 is 0 Å². The number of fused-ring (bicyclic) bond motifs is 1. The maximum Gasteiger partial charge on any atom is 0.336 e. The third kappa shape index (κ3) is 3.65. The van der Waals surface area contributed by atoms with Crippen LogP contribution in [0.2, 0.25) is 10.0 Å². The summed E-state index contributed by atoms with van der Waals surface area (Å²) < 4.78 is 5.82. The van der Waals surface area contributed by atoms with Gasteiger partial charge in [0.1, 0.15) is 11.5 Å². The molecule has 0 aliphatic heterocycles. The molecule has 28 heavy (non-hydrogen) atoms. The molecule has 4 rings (SSSR count). The smallest absolute Gasteiger partial charge is 0.336 e. The lowest BCUT2D eigenvalue weighted by molar-refractivity contribution is 0.0699. The first-order valence-corrected chi connectivity index (χ1v) is 9.13. The van der Waals surface area contributed by atoms with E-state index in [0.29, 0.717) is 38.2 Å². The van der Waals surface area contributed by atoms with E-state index in [2.05, 4.69) is 4.98 Å². The minimum atomic E-state index is -0.992. The Balaban J connectivity index is 1.65. The highest BCUT2D eigenvalue weighted by atomic mass is 35.5. The van der Waals surface area contributed by atoms with Gasteiger partial charge in [0, 0.05) is 10.9 Å². The fourth-order valence-corrected chi connectivity index (χ4v) is 3.17. The van der Waals surface area contributed by atoms with Crippen molar-refractivity contribution < 1.29 is 14.3 Å². The zero-order valence-corrected chi connectivity index (χ0v) is 15.9. The molecule has 2 aromatic heterocycles. The van der Waals surface area contributed by atoms with Crippen molar-refractivity contribution in [2.24, 2.45) is 0 Å². The number of furan rings is 1. The van der Waals surface area contributed by atoms with Crippen molar-refractivity contribution in [3.8, 4) is 11.3 Å². The Morgan fingerprint density at radius 3 is 2.57 bits per heavy atom. The number of para-hydroxylation sites is 1. The van der Waals surface area contributed by atoms with E-state index in [1.165, 1.54) is 0 Å². The molecule has 0 saturated carbocycles. The summed E-state index contributed by atoms with van der Waals surface area (Å²) in [5.74, 6) is 0.261. The van der Waals surface area contributed by atoms with Crippen molar-refractivity contribution in [2.75, 3.05) is 0 Å². The normalized spacial score (nSPS) is 11.4. The average molecular weight is 410 g/mol. The minimum absolute atomic E-state index is 0.209. The number of halogens is 2. The Hall–Kier alpha value is -3.08. The van der Waals surface area contributed by atoms with Crippen molar-refractivity contribution >= 4 is 52.2 Å². The molecule has 0 spiro atoms. The van der Waals surface area contributed by atoms with Crippen molar-refractivity contribution in [3.05, 3.63) is 87.7 Å². The third-order valence-electron chi connectivity index (χ3n) is 4.22. The van der Waals surface area contributed by atoms with Crippen LogP contribution < -0.4 is 0 Å². The lowest BCUT2D eigenvalue weighted by atomic mass is 10.1. The molecule has 0 unspecified atom stereocenters. The zero-order chi connectivity index (χ0) is 19.7. The number of rotatable bonds is 4. The first-order chi connectivity index (χ1) is 13.5. The van der Waals surface area contributed by atoms with Gasteiger partial charge in [-0.1, -0.05) is 41.4 Å². The van der Waals surface area contributed by atoms with Gasteiger partial charge in [-0.25, -0.2) is 9.78 Å². The lowest BCUT2D eigenvalue weighted by Gasteiger charge is -2.03. The van der Waals surface area contributed by atoms with Crippen LogP contribution in [0.1, 0.15) is 21.8 Å². The van der Waals surface area contributed by atoms with Crippen LogP contribution >= 0.6 is 23.2 Å². The second-order valence-electron chi connectivity index (χ2n) is 6.08. The van der Waals surface area contributed by atoms with Gasteiger partial charge in [0.25, 0.3) is 0 Å². The van der Waals surface area contributed by atoms with Crippen LogP contribution in [0.5, 0.6) is 0 Å². The quantitative estimate of drug-likeness (QED) is 0.408. The van der Waals surface area contributed by atoms with Crippen LogP contribution in [0.15, 0.2) is 65.1 Å². The molecule has 1 N–H and O–H groups in total. The van der Waals surface area contributed by atoms with Gasteiger partial charge in [-0.15, -0.1) is 0 Å². The Morgan fingerprint density at radius 1 is 0.964 bits per heavy atom. The van der Waals surface area contributed by atoms with Gasteiger partial charge >= 0.3 is 5.97 Å². The summed E-state index contributed by atoms with van der Waals surface area (Å²) in [4.78, 5) is 16.1. The first kappa shape index (κ1) is 18.3. The molecular formula is C22H13Cl2NO3. The Bertz CT molecular complexity index is 1230. The molecule has 2 heterocycles. The average Bonchev–Trinajstić information content (AvgIpc) is 3.17. The Kier molecular flexibility index (Phi) is 4.90. The van der Waals surface area contributed by atoms with Gasteiger partial charge < -0.3 is 9.52 Å². The van der Waals surface area contributed by atoms with Crippen molar-refractivity contribution in [2.45, 2.75) is 0 Å². The second kappa shape index (κ2) is 7.50. The number of benzene rings is 2. The molecule has 0 amide bonds. The van der Waals surface area contributed by atoms with Crippen LogP contribution in [0.25, 0.3) is 34.4 Å². The maximum atomic E-state index is 11.6. The number of hydrogen-bond acceptors (Lipinski definition) is 3. The third-order valence-corrected chi connectivity index (χ3v) is 4.95. The van der Waals surface area contributed by atoms with E-state index in [0.717, 1.165) is 5.56 Å². The summed E-state index contributed by atoms with van der Waals surface area (Å²) in [6.07, 6.45) is 3.46. The molecule has 0 aliphatic rings. The highest BCUT2D eigenvalue weighted by Crippen LogP contribution is 2.30. The molecule has 0 radical (unpaired) electrons. The number of aromatic nitrogens is 1. The SMILES string of the molecule is O=C(O)c1cc(C=Cc2ccc(-c3ccc(Cl)c(Cl)c3)o2)nc2ccccc12. The lowest BCUT2D eigenvalue weighted by Crippen LogP contribution is -2.00. The molecule has 138 valence electrons. The predicted octanol–water partition coefficient (Wildman–Crippen LogP) is 6.67. The number of nitrogens with zero attached hydrogens (tertiary/aromatic N) is 1. The van der Waals surface area contributed by atoms with Crippen LogP contribution in [-0.4, -0.2) is 16.1 Å². The van der Waals surface area contributed by atoms with Crippen molar-refractivity contribution in [1.29, 1.82) is 0 Å². The molecule has 2 aromatic carbocycles. The van der Waals surface area contributed by atoms with Gasteiger partial charge in [-0.05, 0) is 54.6 Å². The molecule has 0 aliphatic carbocycles. The molecule has 6 heteroatoms. The van der Waals surface area contributed by atoms with Crippen LogP contribution in [0.3, 0.4) is 0 Å². The monoisotopic (exact) mass is 409 g/mol. The van der Waals surface area contributed by atoms with Crippen LogP contribution in [0, 0.1) is 0 Å². The minimum Gasteiger partial charge on any atom is -0.478 e. The maximum absolute atomic E-state index is 11.6. The number of carboxylic acid groups (broad SMARTS) is 1. The summed E-state index contributed by atoms with van der Waals surface area (Å²) in [5.41, 5.74) is 2.17. The van der Waals surface area contributed by atoms with E-state index in [-0.39, 0.29) is 5.56 Å². The van der Waals surface area contributed by atoms with Gasteiger partial charge in [-0.2, -0.15) is 0 Å². The summed E-state index contributed by atoms with van der Waals surface area (Å²) >= 11 is 12.0. The van der Waals surface area contributed by atoms with Gasteiger partial charge in [0.2, 0.25) is 0 Å². The Labute approximate surface area is 170 Å². The van der Waals surface area contributed by atoms with E-state index < -0.39 is 5.97 Å². The van der Waals surface area contributed by atoms with E-state index in [9.17, 15) is 9.90 Å². The molecule has 0 saturated heterocycles. The zero-order valence-electron chi connectivity index (χ0n) is 14.4. The van der Waals surface area contributed by atoms with E-state index in [1.807, 2.05) is 24.3 Å². The van der Waals surface area contributed by atoms with E-state index in [1.54, 1.807) is 48.6 Å². The largest absolute Gasteiger partial charge is 0.478 e. The molecule has 4 aromatic rings. The predicted molar refractivity (Wildman–Crippen MR) is 112 cm³/mol. The van der Waals surface area contributed by atoms with Crippen molar-refractivity contribution in [3.63, 3.8) is 0 Å². The van der Waals surface area contributed by atoms with Gasteiger partial charge in [-0.3, -0.25) is 0 Å². The van der Waals surface area contributed by atoms with Crippen molar-refractivity contribution in [1.82, 2.24) is 4.98 Å². The summed E-state index contributed by atoms with van der Waals surface area (Å²) in [6.45, 7) is 0. The molecule has 0 bridgehead atoms.